The molecule has 3 aromatic rings. The quantitative estimate of drug-likeness (QED) is 0.675. The molecule has 1 aliphatic heterocycles. The molecule has 0 saturated carbocycles. The van der Waals surface area contributed by atoms with Crippen LogP contribution in [-0.2, 0) is 17.8 Å². The highest BCUT2D eigenvalue weighted by Gasteiger charge is 2.31. The minimum Gasteiger partial charge on any atom is -0.443 e. The lowest BCUT2D eigenvalue weighted by atomic mass is 10.0. The summed E-state index contributed by atoms with van der Waals surface area (Å²) < 4.78 is 20.7. The van der Waals surface area contributed by atoms with Gasteiger partial charge in [-0.15, -0.1) is 0 Å². The van der Waals surface area contributed by atoms with Crippen molar-refractivity contribution in [2.24, 2.45) is 0 Å². The Kier molecular flexibility index (Phi) is 5.23. The zero-order valence-corrected chi connectivity index (χ0v) is 15.8. The Morgan fingerprint density at radius 3 is 2.82 bits per heavy atom. The molecule has 0 spiro atoms. The minimum atomic E-state index is -0.259. The van der Waals surface area contributed by atoms with E-state index in [0.717, 1.165) is 30.4 Å². The number of amides is 1. The maximum absolute atomic E-state index is 13.1. The molecule has 0 radical (unpaired) electrons. The van der Waals surface area contributed by atoms with Gasteiger partial charge in [0.25, 0.3) is 0 Å². The SMILES string of the molecule is Cc1cnn(CC(=O)N2CCCCC2c2ncc(Cc3ccc(F)cc3)o2)c1. The molecule has 0 N–H and O–H groups in total. The molecule has 1 saturated heterocycles. The van der Waals surface area contributed by atoms with E-state index in [2.05, 4.69) is 10.1 Å². The van der Waals surface area contributed by atoms with Crippen molar-refractivity contribution in [3.8, 4) is 0 Å². The van der Waals surface area contributed by atoms with Gasteiger partial charge in [-0.25, -0.2) is 9.37 Å². The fourth-order valence-electron chi connectivity index (χ4n) is 3.63. The molecule has 1 fully saturated rings. The molecule has 1 aliphatic rings. The summed E-state index contributed by atoms with van der Waals surface area (Å²) >= 11 is 0. The van der Waals surface area contributed by atoms with Crippen molar-refractivity contribution in [2.75, 3.05) is 6.54 Å². The van der Waals surface area contributed by atoms with Crippen LogP contribution in [0.1, 0.15) is 48.1 Å². The van der Waals surface area contributed by atoms with Crippen molar-refractivity contribution in [3.05, 3.63) is 71.5 Å². The summed E-state index contributed by atoms with van der Waals surface area (Å²) in [6.07, 6.45) is 8.70. The van der Waals surface area contributed by atoms with E-state index < -0.39 is 0 Å². The first-order chi connectivity index (χ1) is 13.6. The van der Waals surface area contributed by atoms with Crippen LogP contribution in [0, 0.1) is 12.7 Å². The van der Waals surface area contributed by atoms with Crippen LogP contribution < -0.4 is 0 Å². The molecule has 3 heterocycles. The molecule has 1 atom stereocenters. The first-order valence-electron chi connectivity index (χ1n) is 9.56. The highest BCUT2D eigenvalue weighted by Crippen LogP contribution is 2.31. The molecule has 7 heteroatoms. The first kappa shape index (κ1) is 18.4. The topological polar surface area (TPSA) is 64.2 Å². The van der Waals surface area contributed by atoms with Crippen LogP contribution in [0.15, 0.2) is 47.3 Å². The lowest BCUT2D eigenvalue weighted by molar-refractivity contribution is -0.136. The Hall–Kier alpha value is -2.96. The van der Waals surface area contributed by atoms with Crippen molar-refractivity contribution >= 4 is 5.91 Å². The van der Waals surface area contributed by atoms with Crippen LogP contribution in [-0.4, -0.2) is 32.1 Å². The first-order valence-corrected chi connectivity index (χ1v) is 9.56. The molecule has 146 valence electrons. The monoisotopic (exact) mass is 382 g/mol. The number of aromatic nitrogens is 3. The number of piperidine rings is 1. The maximum Gasteiger partial charge on any atom is 0.244 e. The maximum atomic E-state index is 13.1. The highest BCUT2D eigenvalue weighted by atomic mass is 19.1. The highest BCUT2D eigenvalue weighted by molar-refractivity contribution is 5.76. The van der Waals surface area contributed by atoms with E-state index >= 15 is 0 Å². The number of benzene rings is 1. The van der Waals surface area contributed by atoms with Crippen molar-refractivity contribution < 1.29 is 13.6 Å². The third-order valence-electron chi connectivity index (χ3n) is 5.03. The Morgan fingerprint density at radius 1 is 1.25 bits per heavy atom. The van der Waals surface area contributed by atoms with Gasteiger partial charge in [-0.2, -0.15) is 5.10 Å². The summed E-state index contributed by atoms with van der Waals surface area (Å²) in [4.78, 5) is 19.1. The molecule has 1 aromatic carbocycles. The van der Waals surface area contributed by atoms with E-state index in [1.165, 1.54) is 12.1 Å². The average Bonchev–Trinajstić information content (AvgIpc) is 3.32. The summed E-state index contributed by atoms with van der Waals surface area (Å²) in [5.74, 6) is 1.04. The van der Waals surface area contributed by atoms with Crippen LogP contribution in [0.5, 0.6) is 0 Å². The summed E-state index contributed by atoms with van der Waals surface area (Å²) in [5.41, 5.74) is 1.98. The van der Waals surface area contributed by atoms with E-state index in [1.54, 1.807) is 29.2 Å². The fourth-order valence-corrected chi connectivity index (χ4v) is 3.63. The molecule has 0 bridgehead atoms. The Morgan fingerprint density at radius 2 is 2.07 bits per heavy atom. The van der Waals surface area contributed by atoms with Crippen LogP contribution in [0.3, 0.4) is 0 Å². The second-order valence-electron chi connectivity index (χ2n) is 7.28. The number of carbonyl (C=O) groups excluding carboxylic acids is 1. The number of nitrogens with zero attached hydrogens (tertiary/aromatic N) is 4. The molecule has 6 nitrogen and oxygen atoms in total. The lowest BCUT2D eigenvalue weighted by Crippen LogP contribution is -2.40. The number of likely N-dealkylation sites (tertiary alicyclic amines) is 1. The largest absolute Gasteiger partial charge is 0.443 e. The number of halogens is 1. The Bertz CT molecular complexity index is 947. The normalized spacial score (nSPS) is 17.1. The molecular formula is C21H23FN4O2. The zero-order valence-electron chi connectivity index (χ0n) is 15.8. The lowest BCUT2D eigenvalue weighted by Gasteiger charge is -2.33. The predicted octanol–water partition coefficient (Wildman–Crippen LogP) is 3.66. The number of hydrogen-bond donors (Lipinski definition) is 0. The molecule has 1 amide bonds. The third kappa shape index (κ3) is 4.13. The van der Waals surface area contributed by atoms with Crippen LogP contribution in [0.25, 0.3) is 0 Å². The molecule has 28 heavy (non-hydrogen) atoms. The van der Waals surface area contributed by atoms with Gasteiger partial charge in [0.1, 0.15) is 24.2 Å². The second kappa shape index (κ2) is 7.96. The summed E-state index contributed by atoms with van der Waals surface area (Å²) in [5, 5.41) is 4.21. The van der Waals surface area contributed by atoms with Gasteiger partial charge in [0.15, 0.2) is 0 Å². The van der Waals surface area contributed by atoms with Crippen LogP contribution in [0.2, 0.25) is 0 Å². The average molecular weight is 382 g/mol. The van der Waals surface area contributed by atoms with Gasteiger partial charge in [-0.3, -0.25) is 9.48 Å². The molecule has 0 aliphatic carbocycles. The summed E-state index contributed by atoms with van der Waals surface area (Å²) in [6, 6.07) is 6.19. The standard InChI is InChI=1S/C21H23FN4O2/c1-15-11-24-25(13-15)14-20(27)26-9-3-2-4-19(26)21-23-12-18(28-21)10-16-5-7-17(22)8-6-16/h5-8,11-13,19H,2-4,9-10,14H2,1H3. The fraction of sp³-hybridized carbons (Fsp3) is 0.381. The van der Waals surface area contributed by atoms with Gasteiger partial charge in [0.2, 0.25) is 11.8 Å². The summed E-state index contributed by atoms with van der Waals surface area (Å²) in [7, 11) is 0. The van der Waals surface area contributed by atoms with Gasteiger partial charge < -0.3 is 9.32 Å². The molecular weight excluding hydrogens is 359 g/mol. The second-order valence-corrected chi connectivity index (χ2v) is 7.28. The molecule has 2 aromatic heterocycles. The van der Waals surface area contributed by atoms with Gasteiger partial charge in [0.05, 0.1) is 12.4 Å². The van der Waals surface area contributed by atoms with E-state index in [0.29, 0.717) is 24.6 Å². The van der Waals surface area contributed by atoms with Crippen molar-refractivity contribution in [3.63, 3.8) is 0 Å². The number of carbonyl (C=O) groups is 1. The number of aryl methyl sites for hydroxylation is 1. The van der Waals surface area contributed by atoms with E-state index in [-0.39, 0.29) is 24.3 Å². The van der Waals surface area contributed by atoms with Crippen LogP contribution >= 0.6 is 0 Å². The Labute approximate surface area is 163 Å². The molecule has 4 rings (SSSR count). The van der Waals surface area contributed by atoms with Gasteiger partial charge in [-0.05, 0) is 49.4 Å². The smallest absolute Gasteiger partial charge is 0.244 e. The number of rotatable bonds is 5. The van der Waals surface area contributed by atoms with E-state index in [4.69, 9.17) is 4.42 Å². The zero-order chi connectivity index (χ0) is 19.5. The van der Waals surface area contributed by atoms with Crippen molar-refractivity contribution in [1.82, 2.24) is 19.7 Å². The molecule has 1 unspecified atom stereocenters. The van der Waals surface area contributed by atoms with Crippen molar-refractivity contribution in [1.29, 1.82) is 0 Å². The van der Waals surface area contributed by atoms with Gasteiger partial charge >= 0.3 is 0 Å². The predicted molar refractivity (Wildman–Crippen MR) is 101 cm³/mol. The minimum absolute atomic E-state index is 0.0195. The van der Waals surface area contributed by atoms with E-state index in [1.807, 2.05) is 18.0 Å². The third-order valence-corrected chi connectivity index (χ3v) is 5.03. The number of oxazole rings is 1. The number of hydrogen-bond acceptors (Lipinski definition) is 4. The van der Waals surface area contributed by atoms with Crippen molar-refractivity contribution in [2.45, 2.75) is 45.2 Å². The Balaban J connectivity index is 1.47. The van der Waals surface area contributed by atoms with Gasteiger partial charge in [-0.1, -0.05) is 12.1 Å². The summed E-state index contributed by atoms with van der Waals surface area (Å²) in [6.45, 7) is 2.86. The van der Waals surface area contributed by atoms with Crippen LogP contribution in [0.4, 0.5) is 4.39 Å². The van der Waals surface area contributed by atoms with E-state index in [9.17, 15) is 9.18 Å². The van der Waals surface area contributed by atoms with Gasteiger partial charge in [0, 0.05) is 19.2 Å².